The van der Waals surface area contributed by atoms with Crippen molar-refractivity contribution in [1.29, 1.82) is 0 Å². The molecule has 0 spiro atoms. The lowest BCUT2D eigenvalue weighted by atomic mass is 9.86. The van der Waals surface area contributed by atoms with Crippen molar-refractivity contribution in [2.45, 2.75) is 44.1 Å². The third-order valence-electron chi connectivity index (χ3n) is 3.74. The zero-order valence-corrected chi connectivity index (χ0v) is 16.6. The molecule has 0 radical (unpaired) electrons. The lowest BCUT2D eigenvalue weighted by Crippen LogP contribution is -2.22. The molecular formula is C21H27NO3S. The van der Waals surface area contributed by atoms with Crippen molar-refractivity contribution in [2.24, 2.45) is 0 Å². The third-order valence-corrected chi connectivity index (χ3v) is 4.90. The van der Waals surface area contributed by atoms with Crippen LogP contribution >= 0.6 is 11.8 Å². The topological polar surface area (TPSA) is 58.6 Å². The summed E-state index contributed by atoms with van der Waals surface area (Å²) < 4.78 is 5.87. The Bertz CT molecular complexity index is 723. The van der Waals surface area contributed by atoms with Crippen molar-refractivity contribution >= 4 is 23.4 Å². The maximum atomic E-state index is 11.0. The van der Waals surface area contributed by atoms with E-state index in [1.165, 1.54) is 6.92 Å². The molecule has 2 rings (SSSR count). The van der Waals surface area contributed by atoms with Crippen molar-refractivity contribution in [1.82, 2.24) is 0 Å². The van der Waals surface area contributed by atoms with Crippen LogP contribution in [0, 0.1) is 0 Å². The van der Waals surface area contributed by atoms with Gasteiger partial charge in [-0.1, -0.05) is 39.0 Å². The molecule has 2 aromatic rings. The quantitative estimate of drug-likeness (QED) is 0.703. The number of anilines is 1. The van der Waals surface area contributed by atoms with Gasteiger partial charge in [0, 0.05) is 23.3 Å². The van der Waals surface area contributed by atoms with E-state index in [0.29, 0.717) is 5.75 Å². The molecule has 0 saturated heterocycles. The van der Waals surface area contributed by atoms with Gasteiger partial charge in [0.15, 0.2) is 0 Å². The van der Waals surface area contributed by atoms with Gasteiger partial charge in [-0.15, -0.1) is 11.8 Å². The van der Waals surface area contributed by atoms with Gasteiger partial charge in [-0.25, -0.2) is 0 Å². The number of hydrogen-bond donors (Lipinski definition) is 2. The summed E-state index contributed by atoms with van der Waals surface area (Å²) in [4.78, 5) is 12.1. The van der Waals surface area contributed by atoms with E-state index in [0.717, 1.165) is 21.9 Å². The highest BCUT2D eigenvalue weighted by molar-refractivity contribution is 7.99. The molecule has 0 aliphatic rings. The van der Waals surface area contributed by atoms with E-state index >= 15 is 0 Å². The monoisotopic (exact) mass is 373 g/mol. The predicted octanol–water partition coefficient (Wildman–Crippen LogP) is 4.47. The first kappa shape index (κ1) is 20.3. The van der Waals surface area contributed by atoms with E-state index in [4.69, 9.17) is 4.74 Å². The SMILES string of the molecule is CC(=O)Nc1ccc(SC[C@@H](O)COc2ccccc2C(C)(C)C)cc1. The zero-order valence-electron chi connectivity index (χ0n) is 15.8. The van der Waals surface area contributed by atoms with Crippen LogP contribution in [0.25, 0.3) is 0 Å². The van der Waals surface area contributed by atoms with Crippen molar-refractivity contribution in [3.8, 4) is 5.75 Å². The average molecular weight is 374 g/mol. The zero-order chi connectivity index (χ0) is 19.2. The first-order chi connectivity index (χ1) is 12.3. The second kappa shape index (κ2) is 9.10. The summed E-state index contributed by atoms with van der Waals surface area (Å²) in [6, 6.07) is 15.5. The van der Waals surface area contributed by atoms with Crippen LogP contribution in [0.15, 0.2) is 53.4 Å². The van der Waals surface area contributed by atoms with Gasteiger partial charge in [0.25, 0.3) is 0 Å². The molecule has 2 aromatic carbocycles. The van der Waals surface area contributed by atoms with Gasteiger partial charge in [0.05, 0.1) is 6.10 Å². The second-order valence-corrected chi connectivity index (χ2v) is 8.32. The number of hydrogen-bond acceptors (Lipinski definition) is 4. The standard InChI is InChI=1S/C21H27NO3S/c1-15(23)22-16-9-11-18(12-10-16)26-14-17(24)13-25-20-8-6-5-7-19(20)21(2,3)4/h5-12,17,24H,13-14H2,1-4H3,(H,22,23)/t17-/m0/s1. The maximum Gasteiger partial charge on any atom is 0.221 e. The lowest BCUT2D eigenvalue weighted by Gasteiger charge is -2.23. The summed E-state index contributed by atoms with van der Waals surface area (Å²) in [5.74, 6) is 1.27. The molecule has 2 N–H and O–H groups in total. The fourth-order valence-corrected chi connectivity index (χ4v) is 3.29. The lowest BCUT2D eigenvalue weighted by molar-refractivity contribution is -0.114. The average Bonchev–Trinajstić information content (AvgIpc) is 2.58. The van der Waals surface area contributed by atoms with Crippen LogP contribution in [0.4, 0.5) is 5.69 Å². The van der Waals surface area contributed by atoms with E-state index in [2.05, 4.69) is 32.2 Å². The number of nitrogens with one attached hydrogen (secondary N) is 1. The number of carbonyl (C=O) groups is 1. The Hall–Kier alpha value is -1.98. The molecule has 140 valence electrons. The number of ether oxygens (including phenoxy) is 1. The molecule has 0 unspecified atom stereocenters. The highest BCUT2D eigenvalue weighted by atomic mass is 32.2. The Morgan fingerprint density at radius 2 is 1.81 bits per heavy atom. The largest absolute Gasteiger partial charge is 0.491 e. The van der Waals surface area contributed by atoms with Crippen molar-refractivity contribution in [3.05, 3.63) is 54.1 Å². The normalized spacial score (nSPS) is 12.5. The van der Waals surface area contributed by atoms with Crippen LogP contribution in [-0.2, 0) is 10.2 Å². The highest BCUT2D eigenvalue weighted by Gasteiger charge is 2.19. The summed E-state index contributed by atoms with van der Waals surface area (Å²) in [7, 11) is 0. The van der Waals surface area contributed by atoms with Gasteiger partial charge in [0.1, 0.15) is 12.4 Å². The van der Waals surface area contributed by atoms with Crippen LogP contribution in [0.5, 0.6) is 5.75 Å². The molecule has 0 bridgehead atoms. The molecule has 4 nitrogen and oxygen atoms in total. The summed E-state index contributed by atoms with van der Waals surface area (Å²) in [6.07, 6.45) is -0.567. The minimum atomic E-state index is -0.567. The number of para-hydroxylation sites is 1. The molecular weight excluding hydrogens is 346 g/mol. The fraction of sp³-hybridized carbons (Fsp3) is 0.381. The molecule has 0 aliphatic heterocycles. The van der Waals surface area contributed by atoms with Crippen LogP contribution in [-0.4, -0.2) is 29.5 Å². The number of amides is 1. The number of benzene rings is 2. The van der Waals surface area contributed by atoms with Crippen molar-refractivity contribution < 1.29 is 14.6 Å². The van der Waals surface area contributed by atoms with Gasteiger partial charge >= 0.3 is 0 Å². The summed E-state index contributed by atoms with van der Waals surface area (Å²) in [5.41, 5.74) is 1.89. The number of carbonyl (C=O) groups excluding carboxylic acids is 1. The number of aliphatic hydroxyl groups is 1. The molecule has 26 heavy (non-hydrogen) atoms. The van der Waals surface area contributed by atoms with Crippen LogP contribution in [0.1, 0.15) is 33.3 Å². The summed E-state index contributed by atoms with van der Waals surface area (Å²) in [6.45, 7) is 8.17. The van der Waals surface area contributed by atoms with Crippen LogP contribution in [0.3, 0.4) is 0 Å². The van der Waals surface area contributed by atoms with Gasteiger partial charge in [-0.05, 0) is 41.3 Å². The molecule has 0 heterocycles. The maximum absolute atomic E-state index is 11.0. The van der Waals surface area contributed by atoms with E-state index in [1.54, 1.807) is 11.8 Å². The van der Waals surface area contributed by atoms with E-state index in [1.807, 2.05) is 42.5 Å². The Labute approximate surface area is 160 Å². The second-order valence-electron chi connectivity index (χ2n) is 7.23. The molecule has 1 amide bonds. The molecule has 0 fully saturated rings. The van der Waals surface area contributed by atoms with E-state index in [-0.39, 0.29) is 17.9 Å². The Kier molecular flexibility index (Phi) is 7.12. The smallest absolute Gasteiger partial charge is 0.221 e. The number of thioether (sulfide) groups is 1. The fourth-order valence-electron chi connectivity index (χ4n) is 2.48. The van der Waals surface area contributed by atoms with Crippen LogP contribution < -0.4 is 10.1 Å². The Balaban J connectivity index is 1.84. The van der Waals surface area contributed by atoms with Crippen molar-refractivity contribution in [3.63, 3.8) is 0 Å². The minimum Gasteiger partial charge on any atom is -0.491 e. The van der Waals surface area contributed by atoms with E-state index in [9.17, 15) is 9.90 Å². The number of rotatable bonds is 7. The van der Waals surface area contributed by atoms with Crippen molar-refractivity contribution in [2.75, 3.05) is 17.7 Å². The third kappa shape index (κ3) is 6.39. The Morgan fingerprint density at radius 1 is 1.15 bits per heavy atom. The highest BCUT2D eigenvalue weighted by Crippen LogP contribution is 2.31. The molecule has 0 aliphatic carbocycles. The first-order valence-electron chi connectivity index (χ1n) is 8.66. The van der Waals surface area contributed by atoms with Crippen LogP contribution in [0.2, 0.25) is 0 Å². The first-order valence-corrected chi connectivity index (χ1v) is 9.65. The van der Waals surface area contributed by atoms with Gasteiger partial charge in [-0.3, -0.25) is 4.79 Å². The molecule has 0 saturated carbocycles. The minimum absolute atomic E-state index is 0.00799. The summed E-state index contributed by atoms with van der Waals surface area (Å²) in [5, 5.41) is 13.0. The van der Waals surface area contributed by atoms with Gasteiger partial charge in [-0.2, -0.15) is 0 Å². The molecule has 5 heteroatoms. The number of aliphatic hydroxyl groups excluding tert-OH is 1. The predicted molar refractivity (Wildman–Crippen MR) is 108 cm³/mol. The van der Waals surface area contributed by atoms with Gasteiger partial charge < -0.3 is 15.2 Å². The molecule has 0 aromatic heterocycles. The Morgan fingerprint density at radius 3 is 2.42 bits per heavy atom. The summed E-state index contributed by atoms with van der Waals surface area (Å²) >= 11 is 1.56. The van der Waals surface area contributed by atoms with E-state index < -0.39 is 6.10 Å². The van der Waals surface area contributed by atoms with Gasteiger partial charge in [0.2, 0.25) is 5.91 Å². The molecule has 1 atom stereocenters.